The number of fused-ring (bicyclic) bond motifs is 1. The Labute approximate surface area is 78.8 Å². The van der Waals surface area contributed by atoms with E-state index < -0.39 is 0 Å². The molecule has 0 unspecified atom stereocenters. The summed E-state index contributed by atoms with van der Waals surface area (Å²) >= 11 is 0. The summed E-state index contributed by atoms with van der Waals surface area (Å²) in [7, 11) is 0. The van der Waals surface area contributed by atoms with E-state index in [0.717, 1.165) is 12.3 Å². The minimum absolute atomic E-state index is 0.0183. The van der Waals surface area contributed by atoms with Gasteiger partial charge in [-0.05, 0) is 32.1 Å². The van der Waals surface area contributed by atoms with Gasteiger partial charge in [-0.1, -0.05) is 6.42 Å². The molecule has 1 N–H and O–H groups in total. The minimum Gasteiger partial charge on any atom is -0.465 e. The van der Waals surface area contributed by atoms with Crippen LogP contribution in [0.25, 0.3) is 0 Å². The molecule has 0 radical (unpaired) electrons. The van der Waals surface area contributed by atoms with Gasteiger partial charge in [0.05, 0.1) is 6.61 Å². The van der Waals surface area contributed by atoms with Gasteiger partial charge in [0.15, 0.2) is 0 Å². The molecule has 13 heavy (non-hydrogen) atoms. The Morgan fingerprint density at radius 2 is 2.38 bits per heavy atom. The lowest BCUT2D eigenvalue weighted by atomic mass is 10.0. The Morgan fingerprint density at radius 1 is 1.54 bits per heavy atom. The smallest absolute Gasteiger partial charge is 0.323 e. The molecule has 1 aliphatic carbocycles. The fraction of sp³-hybridized carbons (Fsp3) is 0.900. The van der Waals surface area contributed by atoms with E-state index in [1.807, 2.05) is 6.92 Å². The summed E-state index contributed by atoms with van der Waals surface area (Å²) in [5.41, 5.74) is 0. The van der Waals surface area contributed by atoms with E-state index in [4.69, 9.17) is 4.74 Å². The van der Waals surface area contributed by atoms with Crippen molar-refractivity contribution in [2.24, 2.45) is 5.92 Å². The second-order valence-corrected chi connectivity index (χ2v) is 4.00. The molecule has 3 atom stereocenters. The number of carbonyl (C=O) groups excluding carboxylic acids is 1. The zero-order valence-corrected chi connectivity index (χ0v) is 8.08. The molecule has 0 spiro atoms. The summed E-state index contributed by atoms with van der Waals surface area (Å²) in [5.74, 6) is 0.673. The molecular weight excluding hydrogens is 166 g/mol. The number of hydrogen-bond donors (Lipinski definition) is 1. The predicted molar refractivity (Wildman–Crippen MR) is 49.3 cm³/mol. The van der Waals surface area contributed by atoms with Crippen molar-refractivity contribution in [1.29, 1.82) is 0 Å². The molecule has 0 aromatic rings. The fourth-order valence-corrected chi connectivity index (χ4v) is 2.57. The van der Waals surface area contributed by atoms with Gasteiger partial charge in [0.1, 0.15) is 6.04 Å². The van der Waals surface area contributed by atoms with Crippen LogP contribution >= 0.6 is 0 Å². The summed E-state index contributed by atoms with van der Waals surface area (Å²) in [6, 6.07) is 0.574. The summed E-state index contributed by atoms with van der Waals surface area (Å²) in [5, 5.41) is 3.36. The van der Waals surface area contributed by atoms with Crippen molar-refractivity contribution in [3.05, 3.63) is 0 Å². The summed E-state index contributed by atoms with van der Waals surface area (Å²) in [6.07, 6.45) is 4.83. The van der Waals surface area contributed by atoms with Crippen LogP contribution in [-0.2, 0) is 9.53 Å². The maximum Gasteiger partial charge on any atom is 0.323 e. The highest BCUT2D eigenvalue weighted by molar-refractivity contribution is 5.76. The fourth-order valence-electron chi connectivity index (χ4n) is 2.57. The van der Waals surface area contributed by atoms with Crippen molar-refractivity contribution in [2.45, 2.75) is 44.7 Å². The third-order valence-electron chi connectivity index (χ3n) is 3.18. The summed E-state index contributed by atoms with van der Waals surface area (Å²) < 4.78 is 4.99. The van der Waals surface area contributed by atoms with Gasteiger partial charge < -0.3 is 10.1 Å². The van der Waals surface area contributed by atoms with Gasteiger partial charge in [-0.3, -0.25) is 4.79 Å². The normalized spacial score (nSPS) is 37.5. The largest absolute Gasteiger partial charge is 0.465 e. The second-order valence-electron chi connectivity index (χ2n) is 4.00. The lowest BCUT2D eigenvalue weighted by Crippen LogP contribution is -2.36. The number of esters is 1. The lowest BCUT2D eigenvalue weighted by Gasteiger charge is -2.11. The van der Waals surface area contributed by atoms with Crippen molar-refractivity contribution in [3.8, 4) is 0 Å². The molecule has 0 amide bonds. The molecule has 1 aliphatic heterocycles. The van der Waals surface area contributed by atoms with Gasteiger partial charge in [-0.25, -0.2) is 0 Å². The summed E-state index contributed by atoms with van der Waals surface area (Å²) in [4.78, 5) is 11.4. The highest BCUT2D eigenvalue weighted by Crippen LogP contribution is 2.34. The van der Waals surface area contributed by atoms with E-state index in [0.29, 0.717) is 12.6 Å². The minimum atomic E-state index is -0.0584. The first kappa shape index (κ1) is 9.00. The van der Waals surface area contributed by atoms with Gasteiger partial charge in [0, 0.05) is 6.04 Å². The Bertz CT molecular complexity index is 193. The lowest BCUT2D eigenvalue weighted by molar-refractivity contribution is -0.145. The van der Waals surface area contributed by atoms with Crippen LogP contribution in [0.15, 0.2) is 0 Å². The highest BCUT2D eigenvalue weighted by atomic mass is 16.5. The van der Waals surface area contributed by atoms with Crippen LogP contribution in [0.5, 0.6) is 0 Å². The Morgan fingerprint density at radius 3 is 3.08 bits per heavy atom. The maximum absolute atomic E-state index is 11.4. The number of nitrogens with one attached hydrogen (secondary N) is 1. The quantitative estimate of drug-likeness (QED) is 0.651. The van der Waals surface area contributed by atoms with E-state index >= 15 is 0 Å². The van der Waals surface area contributed by atoms with Gasteiger partial charge in [0.25, 0.3) is 0 Å². The monoisotopic (exact) mass is 183 g/mol. The van der Waals surface area contributed by atoms with Crippen molar-refractivity contribution in [1.82, 2.24) is 5.32 Å². The number of rotatable bonds is 2. The first-order chi connectivity index (χ1) is 6.31. The van der Waals surface area contributed by atoms with Crippen LogP contribution in [0.4, 0.5) is 0 Å². The van der Waals surface area contributed by atoms with Crippen LogP contribution in [0.1, 0.15) is 32.6 Å². The maximum atomic E-state index is 11.4. The molecule has 1 saturated heterocycles. The third kappa shape index (κ3) is 1.70. The summed E-state index contributed by atoms with van der Waals surface area (Å²) in [6.45, 7) is 2.35. The highest BCUT2D eigenvalue weighted by Gasteiger charge is 2.40. The van der Waals surface area contributed by atoms with E-state index in [1.54, 1.807) is 0 Å². The van der Waals surface area contributed by atoms with Crippen LogP contribution in [-0.4, -0.2) is 24.7 Å². The van der Waals surface area contributed by atoms with Gasteiger partial charge in [-0.15, -0.1) is 0 Å². The molecule has 0 aromatic heterocycles. The van der Waals surface area contributed by atoms with E-state index in [9.17, 15) is 4.79 Å². The van der Waals surface area contributed by atoms with Crippen molar-refractivity contribution >= 4 is 5.97 Å². The Kier molecular flexibility index (Phi) is 2.54. The van der Waals surface area contributed by atoms with E-state index in [1.165, 1.54) is 19.3 Å². The number of carbonyl (C=O) groups is 1. The number of ether oxygens (including phenoxy) is 1. The molecule has 74 valence electrons. The molecule has 0 bridgehead atoms. The third-order valence-corrected chi connectivity index (χ3v) is 3.18. The molecule has 1 saturated carbocycles. The van der Waals surface area contributed by atoms with E-state index in [2.05, 4.69) is 5.32 Å². The number of hydrogen-bond acceptors (Lipinski definition) is 3. The van der Waals surface area contributed by atoms with Gasteiger partial charge in [-0.2, -0.15) is 0 Å². The van der Waals surface area contributed by atoms with Crippen LogP contribution < -0.4 is 5.32 Å². The van der Waals surface area contributed by atoms with Crippen LogP contribution in [0, 0.1) is 5.92 Å². The van der Waals surface area contributed by atoms with Crippen LogP contribution in [0.2, 0.25) is 0 Å². The molecule has 3 nitrogen and oxygen atoms in total. The topological polar surface area (TPSA) is 38.3 Å². The molecular formula is C10H17NO2. The molecule has 2 aliphatic rings. The second kappa shape index (κ2) is 3.66. The van der Waals surface area contributed by atoms with Crippen LogP contribution in [0.3, 0.4) is 0 Å². The van der Waals surface area contributed by atoms with Crippen molar-refractivity contribution < 1.29 is 9.53 Å². The Balaban J connectivity index is 1.87. The zero-order valence-electron chi connectivity index (χ0n) is 8.08. The van der Waals surface area contributed by atoms with Crippen molar-refractivity contribution in [3.63, 3.8) is 0 Å². The first-order valence-corrected chi connectivity index (χ1v) is 5.24. The van der Waals surface area contributed by atoms with Gasteiger partial charge in [0.2, 0.25) is 0 Å². The predicted octanol–water partition coefficient (Wildman–Crippen LogP) is 1.08. The molecule has 3 heteroatoms. The zero-order chi connectivity index (χ0) is 9.26. The molecule has 1 heterocycles. The first-order valence-electron chi connectivity index (χ1n) is 5.24. The standard InChI is InChI=1S/C10H17NO2/c1-2-13-10(12)9-6-7-4-3-5-8(7)11-9/h7-9,11H,2-6H2,1H3/t7-,8+,9-/m0/s1. The van der Waals surface area contributed by atoms with E-state index in [-0.39, 0.29) is 12.0 Å². The molecule has 0 aromatic carbocycles. The average Bonchev–Trinajstić information content (AvgIpc) is 2.61. The average molecular weight is 183 g/mol. The molecule has 2 rings (SSSR count). The molecule has 2 fully saturated rings. The Hall–Kier alpha value is -0.570. The van der Waals surface area contributed by atoms with Gasteiger partial charge >= 0.3 is 5.97 Å². The van der Waals surface area contributed by atoms with Crippen molar-refractivity contribution in [2.75, 3.05) is 6.61 Å². The SMILES string of the molecule is CCOC(=O)[C@@H]1C[C@@H]2CCC[C@H]2N1.